The molecule has 30 heavy (non-hydrogen) atoms. The van der Waals surface area contributed by atoms with Crippen LogP contribution >= 0.6 is 0 Å². The summed E-state index contributed by atoms with van der Waals surface area (Å²) < 4.78 is 4.95. The third-order valence-corrected chi connectivity index (χ3v) is 4.62. The van der Waals surface area contributed by atoms with Crippen molar-refractivity contribution < 1.29 is 23.9 Å². The minimum absolute atomic E-state index is 0.136. The largest absolute Gasteiger partial charge is 0.462 e. The van der Waals surface area contributed by atoms with Gasteiger partial charge in [0.1, 0.15) is 0 Å². The second-order valence-electron chi connectivity index (χ2n) is 7.00. The van der Waals surface area contributed by atoms with Gasteiger partial charge in [0.2, 0.25) is 0 Å². The maximum Gasteiger partial charge on any atom is 0.333 e. The molecule has 0 spiro atoms. The van der Waals surface area contributed by atoms with Crippen molar-refractivity contribution in [3.05, 3.63) is 76.9 Å². The number of carbonyl (C=O) groups excluding carboxylic acids is 4. The Morgan fingerprint density at radius 3 is 2.60 bits per heavy atom. The van der Waals surface area contributed by atoms with Gasteiger partial charge in [-0.3, -0.25) is 9.59 Å². The molecule has 1 aliphatic rings. The van der Waals surface area contributed by atoms with E-state index in [4.69, 9.17) is 4.74 Å². The molecule has 0 aromatic heterocycles. The quantitative estimate of drug-likeness (QED) is 0.435. The van der Waals surface area contributed by atoms with Crippen LogP contribution in [0.2, 0.25) is 0 Å². The fraction of sp³-hybridized carbons (Fsp3) is 0.217. The Morgan fingerprint density at radius 1 is 1.07 bits per heavy atom. The minimum atomic E-state index is -0.467. The summed E-state index contributed by atoms with van der Waals surface area (Å²) in [5, 5.41) is 5.30. The molecule has 1 aliphatic carbocycles. The summed E-state index contributed by atoms with van der Waals surface area (Å²) in [6, 6.07) is 11.2. The van der Waals surface area contributed by atoms with Crippen LogP contribution in [0.4, 0.5) is 10.5 Å². The van der Waals surface area contributed by atoms with Gasteiger partial charge in [-0.1, -0.05) is 30.8 Å². The Morgan fingerprint density at radius 2 is 1.83 bits per heavy atom. The van der Waals surface area contributed by atoms with E-state index < -0.39 is 12.0 Å². The molecule has 2 amide bonds. The lowest BCUT2D eigenvalue weighted by Gasteiger charge is -2.11. The van der Waals surface area contributed by atoms with Crippen LogP contribution in [-0.2, 0) is 16.0 Å². The third-order valence-electron chi connectivity index (χ3n) is 4.62. The molecule has 0 saturated heterocycles. The predicted molar refractivity (Wildman–Crippen MR) is 112 cm³/mol. The molecule has 2 N–H and O–H groups in total. The SMILES string of the molecule is C=C(C)C(=O)OCCCNC(=O)Nc1ccc2c(c1)C(=O)c1ccccc1CC2=O. The van der Waals surface area contributed by atoms with Crippen LogP contribution in [0.25, 0.3) is 0 Å². The molecule has 0 heterocycles. The highest BCUT2D eigenvalue weighted by molar-refractivity contribution is 6.19. The topological polar surface area (TPSA) is 102 Å². The Labute approximate surface area is 174 Å². The van der Waals surface area contributed by atoms with Crippen molar-refractivity contribution in [2.24, 2.45) is 0 Å². The van der Waals surface area contributed by atoms with E-state index in [0.717, 1.165) is 0 Å². The maximum absolute atomic E-state index is 12.9. The average Bonchev–Trinajstić information content (AvgIpc) is 2.82. The van der Waals surface area contributed by atoms with Gasteiger partial charge >= 0.3 is 12.0 Å². The average molecular weight is 406 g/mol. The van der Waals surface area contributed by atoms with Crippen molar-refractivity contribution in [2.75, 3.05) is 18.5 Å². The van der Waals surface area contributed by atoms with E-state index in [1.54, 1.807) is 43.3 Å². The molecule has 2 aromatic carbocycles. The Hall–Kier alpha value is -3.74. The van der Waals surface area contributed by atoms with Crippen molar-refractivity contribution in [1.82, 2.24) is 5.32 Å². The molecule has 0 radical (unpaired) electrons. The number of nitrogens with one attached hydrogen (secondary N) is 2. The van der Waals surface area contributed by atoms with Crippen LogP contribution in [0.1, 0.15) is 45.2 Å². The highest BCUT2D eigenvalue weighted by Gasteiger charge is 2.26. The zero-order chi connectivity index (χ0) is 21.7. The fourth-order valence-corrected chi connectivity index (χ4v) is 3.10. The highest BCUT2D eigenvalue weighted by atomic mass is 16.5. The van der Waals surface area contributed by atoms with Crippen LogP contribution in [0, 0.1) is 0 Å². The second-order valence-corrected chi connectivity index (χ2v) is 7.00. The number of Topliss-reactive ketones (excluding diaryl/α,β-unsaturated/α-hetero) is 1. The Balaban J connectivity index is 1.62. The molecule has 3 rings (SSSR count). The van der Waals surface area contributed by atoms with Crippen LogP contribution in [-0.4, -0.2) is 36.7 Å². The summed E-state index contributed by atoms with van der Waals surface area (Å²) in [6.45, 7) is 5.51. The highest BCUT2D eigenvalue weighted by Crippen LogP contribution is 2.26. The van der Waals surface area contributed by atoms with Gasteiger partial charge in [-0.2, -0.15) is 0 Å². The first-order valence-electron chi connectivity index (χ1n) is 9.54. The number of carbonyl (C=O) groups is 4. The molecule has 7 nitrogen and oxygen atoms in total. The molecule has 0 saturated carbocycles. The molecule has 0 fully saturated rings. The zero-order valence-electron chi connectivity index (χ0n) is 16.6. The van der Waals surface area contributed by atoms with Gasteiger partial charge in [0.25, 0.3) is 0 Å². The number of rotatable bonds is 6. The van der Waals surface area contributed by atoms with E-state index in [-0.39, 0.29) is 30.2 Å². The van der Waals surface area contributed by atoms with Gasteiger partial charge in [0.05, 0.1) is 6.61 Å². The Bertz CT molecular complexity index is 1040. The number of ether oxygens (including phenoxy) is 1. The first-order valence-corrected chi connectivity index (χ1v) is 9.54. The number of anilines is 1. The molecular formula is C23H22N2O5. The number of ketones is 2. The van der Waals surface area contributed by atoms with Crippen LogP contribution in [0.15, 0.2) is 54.6 Å². The number of benzene rings is 2. The summed E-state index contributed by atoms with van der Waals surface area (Å²) in [6.07, 6.45) is 0.610. The summed E-state index contributed by atoms with van der Waals surface area (Å²) in [5.41, 5.74) is 2.54. The fourth-order valence-electron chi connectivity index (χ4n) is 3.10. The third kappa shape index (κ3) is 4.81. The number of fused-ring (bicyclic) bond motifs is 2. The molecule has 0 atom stereocenters. The van der Waals surface area contributed by atoms with E-state index in [9.17, 15) is 19.2 Å². The van der Waals surface area contributed by atoms with Crippen molar-refractivity contribution in [3.63, 3.8) is 0 Å². The molecule has 0 unspecified atom stereocenters. The number of urea groups is 1. The summed E-state index contributed by atoms with van der Waals surface area (Å²) in [5.74, 6) is -0.844. The van der Waals surface area contributed by atoms with E-state index >= 15 is 0 Å². The van der Waals surface area contributed by atoms with E-state index in [1.807, 2.05) is 0 Å². The lowest BCUT2D eigenvalue weighted by atomic mass is 9.98. The smallest absolute Gasteiger partial charge is 0.333 e. The van der Waals surface area contributed by atoms with E-state index in [0.29, 0.717) is 40.9 Å². The predicted octanol–water partition coefficient (Wildman–Crippen LogP) is 3.29. The number of amides is 2. The van der Waals surface area contributed by atoms with Gasteiger partial charge in [-0.05, 0) is 37.1 Å². The van der Waals surface area contributed by atoms with Gasteiger partial charge in [0.15, 0.2) is 11.6 Å². The molecule has 7 heteroatoms. The summed E-state index contributed by atoms with van der Waals surface area (Å²) in [4.78, 5) is 48.9. The molecular weight excluding hydrogens is 384 g/mol. The normalized spacial score (nSPS) is 12.3. The van der Waals surface area contributed by atoms with E-state index in [2.05, 4.69) is 17.2 Å². The maximum atomic E-state index is 12.9. The summed E-state index contributed by atoms with van der Waals surface area (Å²) in [7, 11) is 0. The molecule has 154 valence electrons. The van der Waals surface area contributed by atoms with Gasteiger partial charge in [-0.25, -0.2) is 9.59 Å². The zero-order valence-corrected chi connectivity index (χ0v) is 16.6. The minimum Gasteiger partial charge on any atom is -0.462 e. The lowest BCUT2D eigenvalue weighted by molar-refractivity contribution is -0.138. The van der Waals surface area contributed by atoms with Gasteiger partial charge in [0, 0.05) is 40.9 Å². The number of esters is 1. The van der Waals surface area contributed by atoms with Crippen LogP contribution in [0.3, 0.4) is 0 Å². The van der Waals surface area contributed by atoms with Crippen LogP contribution in [0.5, 0.6) is 0 Å². The van der Waals surface area contributed by atoms with E-state index in [1.165, 1.54) is 6.07 Å². The molecule has 0 bridgehead atoms. The molecule has 0 aliphatic heterocycles. The molecule has 2 aromatic rings. The number of hydrogen-bond acceptors (Lipinski definition) is 5. The first kappa shape index (κ1) is 21.0. The van der Waals surface area contributed by atoms with Crippen LogP contribution < -0.4 is 10.6 Å². The monoisotopic (exact) mass is 406 g/mol. The first-order chi connectivity index (χ1) is 14.4. The number of hydrogen-bond donors (Lipinski definition) is 2. The van der Waals surface area contributed by atoms with Crippen molar-refractivity contribution in [3.8, 4) is 0 Å². The van der Waals surface area contributed by atoms with Crippen molar-refractivity contribution in [1.29, 1.82) is 0 Å². The van der Waals surface area contributed by atoms with Crippen molar-refractivity contribution >= 4 is 29.3 Å². The van der Waals surface area contributed by atoms with Gasteiger partial charge < -0.3 is 15.4 Å². The second kappa shape index (κ2) is 9.17. The summed E-state index contributed by atoms with van der Waals surface area (Å²) >= 11 is 0. The van der Waals surface area contributed by atoms with Crippen molar-refractivity contribution in [2.45, 2.75) is 19.8 Å². The van der Waals surface area contributed by atoms with Gasteiger partial charge in [-0.15, -0.1) is 0 Å². The standard InChI is InChI=1S/C23H22N2O5/c1-14(2)22(28)30-11-5-10-24-23(29)25-16-8-9-18-19(13-16)21(27)17-7-4-3-6-15(17)12-20(18)26/h3-4,6-9,13H,1,5,10-12H2,2H3,(H2,24,25,29). The Kier molecular flexibility index (Phi) is 6.41. The lowest BCUT2D eigenvalue weighted by Crippen LogP contribution is -2.30.